The molecule has 0 fully saturated rings. The molecule has 0 unspecified atom stereocenters. The van der Waals surface area contributed by atoms with Crippen molar-refractivity contribution in [3.63, 3.8) is 0 Å². The molecule has 0 spiro atoms. The minimum atomic E-state index is -3.68. The summed E-state index contributed by atoms with van der Waals surface area (Å²) in [5, 5.41) is 5.07. The molecule has 12 heavy (non-hydrogen) atoms. The van der Waals surface area contributed by atoms with Gasteiger partial charge in [0.2, 0.25) is 0 Å². The van der Waals surface area contributed by atoms with Crippen molar-refractivity contribution in [1.29, 1.82) is 0 Å². The normalized spacial score (nSPS) is 11.6. The van der Waals surface area contributed by atoms with Crippen molar-refractivity contribution in [3.05, 3.63) is 10.6 Å². The van der Waals surface area contributed by atoms with Crippen LogP contribution >= 0.6 is 11.3 Å². The first-order valence-corrected chi connectivity index (χ1v) is 5.49. The third-order valence-corrected chi connectivity index (χ3v) is 2.85. The highest BCUT2D eigenvalue weighted by atomic mass is 32.2. The number of nitrogens with zero attached hydrogens (tertiary/aromatic N) is 1. The second-order valence-electron chi connectivity index (χ2n) is 2.31. The molecule has 0 aliphatic carbocycles. The second-order valence-corrected chi connectivity index (χ2v) is 4.81. The Labute approximate surface area is 74.8 Å². The topological polar surface area (TPSA) is 85.1 Å². The van der Waals surface area contributed by atoms with Crippen molar-refractivity contribution in [2.45, 2.75) is 13.8 Å². The maximum absolute atomic E-state index is 10.6. The minimum Gasteiger partial charge on any atom is -0.246 e. The maximum atomic E-state index is 10.6. The van der Waals surface area contributed by atoms with Gasteiger partial charge in [-0.05, 0) is 13.8 Å². The van der Waals surface area contributed by atoms with Crippen LogP contribution < -0.4 is 9.86 Å². The number of rotatable bonds is 2. The molecule has 7 heteroatoms. The number of aryl methyl sites for hydroxylation is 2. The summed E-state index contributed by atoms with van der Waals surface area (Å²) in [7, 11) is -3.68. The van der Waals surface area contributed by atoms with Crippen LogP contribution in [0.3, 0.4) is 0 Å². The molecule has 0 aliphatic heterocycles. The fourth-order valence-corrected chi connectivity index (χ4v) is 2.11. The summed E-state index contributed by atoms with van der Waals surface area (Å²) >= 11 is 1.26. The zero-order valence-corrected chi connectivity index (χ0v) is 8.29. The molecule has 0 atom stereocenters. The Morgan fingerprint density at radius 1 is 1.50 bits per heavy atom. The van der Waals surface area contributed by atoms with Crippen molar-refractivity contribution in [2.75, 3.05) is 4.72 Å². The van der Waals surface area contributed by atoms with Gasteiger partial charge in [-0.3, -0.25) is 0 Å². The maximum Gasteiger partial charge on any atom is 0.298 e. The first-order chi connectivity index (χ1) is 5.38. The van der Waals surface area contributed by atoms with E-state index in [-0.39, 0.29) is 0 Å². The van der Waals surface area contributed by atoms with Gasteiger partial charge in [0.05, 0.1) is 5.69 Å². The lowest BCUT2D eigenvalue weighted by atomic mass is 10.4. The Balaban J connectivity index is 2.92. The van der Waals surface area contributed by atoms with Crippen molar-refractivity contribution < 1.29 is 8.42 Å². The molecule has 1 heterocycles. The third kappa shape index (κ3) is 2.43. The Morgan fingerprint density at radius 2 is 2.08 bits per heavy atom. The fraction of sp³-hybridized carbons (Fsp3) is 0.400. The van der Waals surface area contributed by atoms with Crippen LogP contribution in [0.1, 0.15) is 10.6 Å². The summed E-state index contributed by atoms with van der Waals surface area (Å²) in [6, 6.07) is 0. The first-order valence-electron chi connectivity index (χ1n) is 3.13. The Hall–Kier alpha value is -0.660. The molecule has 0 aromatic carbocycles. The molecule has 3 N–H and O–H groups in total. The highest BCUT2D eigenvalue weighted by molar-refractivity contribution is 7.90. The predicted molar refractivity (Wildman–Crippen MR) is 48.3 cm³/mol. The molecule has 0 saturated carbocycles. The molecular weight excluding hydrogens is 198 g/mol. The van der Waals surface area contributed by atoms with Gasteiger partial charge >= 0.3 is 0 Å². The van der Waals surface area contributed by atoms with E-state index in [9.17, 15) is 8.42 Å². The van der Waals surface area contributed by atoms with Crippen molar-refractivity contribution in [1.82, 2.24) is 4.98 Å². The monoisotopic (exact) mass is 207 g/mol. The molecule has 0 aliphatic rings. The molecular formula is C5H9N3O2S2. The van der Waals surface area contributed by atoms with Crippen LogP contribution in [-0.2, 0) is 10.2 Å². The molecule has 68 valence electrons. The average Bonchev–Trinajstić information content (AvgIpc) is 2.07. The lowest BCUT2D eigenvalue weighted by Crippen LogP contribution is -2.21. The molecule has 1 rings (SSSR count). The third-order valence-electron chi connectivity index (χ3n) is 1.26. The number of anilines is 1. The molecule has 1 aromatic heterocycles. The van der Waals surface area contributed by atoms with E-state index in [0.29, 0.717) is 5.13 Å². The Morgan fingerprint density at radius 3 is 2.42 bits per heavy atom. The van der Waals surface area contributed by atoms with Crippen molar-refractivity contribution >= 4 is 26.7 Å². The predicted octanol–water partition coefficient (Wildman–Crippen LogP) is 0.375. The van der Waals surface area contributed by atoms with E-state index in [4.69, 9.17) is 5.14 Å². The van der Waals surface area contributed by atoms with E-state index in [1.54, 1.807) is 6.92 Å². The molecule has 0 amide bonds. The lowest BCUT2D eigenvalue weighted by Gasteiger charge is -1.95. The summed E-state index contributed by atoms with van der Waals surface area (Å²) in [4.78, 5) is 4.92. The van der Waals surface area contributed by atoms with Crippen LogP contribution in [0, 0.1) is 13.8 Å². The first kappa shape index (κ1) is 9.43. The van der Waals surface area contributed by atoms with Crippen LogP contribution in [0.25, 0.3) is 0 Å². The number of hydrogen-bond acceptors (Lipinski definition) is 4. The summed E-state index contributed by atoms with van der Waals surface area (Å²) < 4.78 is 23.2. The summed E-state index contributed by atoms with van der Waals surface area (Å²) in [6.07, 6.45) is 0. The van der Waals surface area contributed by atoms with Gasteiger partial charge < -0.3 is 0 Å². The summed E-state index contributed by atoms with van der Waals surface area (Å²) in [5.41, 5.74) is 0.811. The molecule has 0 radical (unpaired) electrons. The van der Waals surface area contributed by atoms with E-state index in [1.807, 2.05) is 6.92 Å². The zero-order chi connectivity index (χ0) is 9.35. The number of nitrogens with one attached hydrogen (secondary N) is 1. The van der Waals surface area contributed by atoms with E-state index in [0.717, 1.165) is 10.6 Å². The van der Waals surface area contributed by atoms with Crippen molar-refractivity contribution in [3.8, 4) is 0 Å². The van der Waals surface area contributed by atoms with Crippen LogP contribution in [0.5, 0.6) is 0 Å². The van der Waals surface area contributed by atoms with E-state index in [2.05, 4.69) is 9.71 Å². The summed E-state index contributed by atoms with van der Waals surface area (Å²) in [6.45, 7) is 3.67. The number of hydrogen-bond donors (Lipinski definition) is 2. The van der Waals surface area contributed by atoms with Crippen LogP contribution in [0.4, 0.5) is 5.13 Å². The zero-order valence-electron chi connectivity index (χ0n) is 6.66. The van der Waals surface area contributed by atoms with Gasteiger partial charge in [-0.1, -0.05) is 0 Å². The van der Waals surface area contributed by atoms with Crippen LogP contribution in [0.15, 0.2) is 0 Å². The minimum absolute atomic E-state index is 0.313. The highest BCUT2D eigenvalue weighted by Crippen LogP contribution is 2.21. The van der Waals surface area contributed by atoms with Crippen molar-refractivity contribution in [2.24, 2.45) is 5.14 Å². The average molecular weight is 207 g/mol. The summed E-state index contributed by atoms with van der Waals surface area (Å²) in [5.74, 6) is 0. The second kappa shape index (κ2) is 3.00. The van der Waals surface area contributed by atoms with Gasteiger partial charge in [0, 0.05) is 4.88 Å². The van der Waals surface area contributed by atoms with E-state index in [1.165, 1.54) is 11.3 Å². The van der Waals surface area contributed by atoms with Gasteiger partial charge in [-0.2, -0.15) is 8.42 Å². The molecule has 0 bridgehead atoms. The lowest BCUT2D eigenvalue weighted by molar-refractivity contribution is 0.603. The highest BCUT2D eigenvalue weighted by Gasteiger charge is 2.07. The van der Waals surface area contributed by atoms with Gasteiger partial charge in [0.25, 0.3) is 10.2 Å². The van der Waals surface area contributed by atoms with Gasteiger partial charge in [-0.25, -0.2) is 14.8 Å². The van der Waals surface area contributed by atoms with E-state index >= 15 is 0 Å². The van der Waals surface area contributed by atoms with Crippen LogP contribution in [0.2, 0.25) is 0 Å². The molecule has 0 saturated heterocycles. The van der Waals surface area contributed by atoms with Crippen LogP contribution in [-0.4, -0.2) is 13.4 Å². The quantitative estimate of drug-likeness (QED) is 0.735. The SMILES string of the molecule is Cc1nc(NS(N)(=O)=O)sc1C. The number of nitrogens with two attached hydrogens (primary N) is 1. The Bertz CT molecular complexity index is 362. The number of thiazole rings is 1. The molecule has 5 nitrogen and oxygen atoms in total. The molecule has 1 aromatic rings. The Kier molecular flexibility index (Phi) is 2.36. The van der Waals surface area contributed by atoms with E-state index < -0.39 is 10.2 Å². The van der Waals surface area contributed by atoms with Gasteiger partial charge in [-0.15, -0.1) is 11.3 Å². The smallest absolute Gasteiger partial charge is 0.246 e. The standard InChI is InChI=1S/C5H9N3O2S2/c1-3-4(2)11-5(7-3)8-12(6,9)10/h1-2H3,(H,7,8)(H2,6,9,10). The van der Waals surface area contributed by atoms with Gasteiger partial charge in [0.1, 0.15) is 0 Å². The largest absolute Gasteiger partial charge is 0.298 e. The fourth-order valence-electron chi connectivity index (χ4n) is 0.638. The number of aromatic nitrogens is 1. The van der Waals surface area contributed by atoms with Gasteiger partial charge in [0.15, 0.2) is 5.13 Å².